The average molecular weight is 311 g/mol. The molecule has 0 saturated heterocycles. The van der Waals surface area contributed by atoms with Gasteiger partial charge in [-0.15, -0.1) is 0 Å². The van der Waals surface area contributed by atoms with Crippen LogP contribution in [0.4, 0.5) is 0 Å². The number of hydrogen-bond donors (Lipinski definition) is 3. The van der Waals surface area contributed by atoms with Gasteiger partial charge in [0, 0.05) is 6.61 Å². The van der Waals surface area contributed by atoms with Crippen LogP contribution in [-0.4, -0.2) is 40.2 Å². The van der Waals surface area contributed by atoms with Crippen LogP contribution in [0.25, 0.3) is 0 Å². The van der Waals surface area contributed by atoms with Gasteiger partial charge in [-0.25, -0.2) is 13.6 Å². The normalized spacial score (nSPS) is 12.4. The van der Waals surface area contributed by atoms with E-state index < -0.39 is 36.5 Å². The molecular formula is C9H13NO7S2. The molecule has 108 valence electrons. The molecule has 0 spiro atoms. The second-order valence-corrected chi connectivity index (χ2v) is 6.46. The summed E-state index contributed by atoms with van der Waals surface area (Å²) in [6, 6.07) is 2.11. The molecule has 0 atom stereocenters. The van der Waals surface area contributed by atoms with E-state index in [2.05, 4.69) is 0 Å². The van der Waals surface area contributed by atoms with Crippen LogP contribution in [0, 0.1) is 0 Å². The van der Waals surface area contributed by atoms with Gasteiger partial charge in [-0.2, -0.15) is 8.42 Å². The smallest absolute Gasteiger partial charge is 0.298 e. The van der Waals surface area contributed by atoms with E-state index >= 15 is 0 Å². The molecule has 0 aliphatic heterocycles. The van der Waals surface area contributed by atoms with Crippen LogP contribution < -0.4 is 9.88 Å². The fraction of sp³-hybridized carbons (Fsp3) is 0.333. The van der Waals surface area contributed by atoms with Crippen molar-refractivity contribution >= 4 is 20.1 Å². The fourth-order valence-electron chi connectivity index (χ4n) is 1.65. The molecular weight excluding hydrogens is 298 g/mol. The zero-order chi connectivity index (χ0) is 14.8. The van der Waals surface area contributed by atoms with Gasteiger partial charge < -0.3 is 9.84 Å². The Hall–Kier alpha value is -1.20. The SMILES string of the molecule is COc1ccc(S(N)(=O)=O)c(CCO)c1S(=O)(=O)O. The van der Waals surface area contributed by atoms with Crippen molar-refractivity contribution in [2.75, 3.05) is 13.7 Å². The first-order valence-electron chi connectivity index (χ1n) is 4.94. The summed E-state index contributed by atoms with van der Waals surface area (Å²) in [6.07, 6.45) is -0.321. The Bertz CT molecular complexity index is 679. The van der Waals surface area contributed by atoms with E-state index in [-0.39, 0.29) is 17.7 Å². The van der Waals surface area contributed by atoms with Gasteiger partial charge in [0.2, 0.25) is 10.0 Å². The summed E-state index contributed by atoms with van der Waals surface area (Å²) < 4.78 is 59.4. The lowest BCUT2D eigenvalue weighted by Crippen LogP contribution is -2.18. The molecule has 0 amide bonds. The third kappa shape index (κ3) is 3.42. The quantitative estimate of drug-likeness (QED) is 0.599. The topological polar surface area (TPSA) is 144 Å². The number of hydrogen-bond acceptors (Lipinski definition) is 6. The number of primary sulfonamides is 1. The number of rotatable bonds is 5. The Morgan fingerprint density at radius 3 is 2.21 bits per heavy atom. The van der Waals surface area contributed by atoms with Crippen molar-refractivity contribution in [3.05, 3.63) is 17.7 Å². The Morgan fingerprint density at radius 2 is 1.84 bits per heavy atom. The van der Waals surface area contributed by atoms with Crippen LogP contribution in [0.5, 0.6) is 5.75 Å². The number of nitrogens with two attached hydrogens (primary N) is 1. The molecule has 1 aromatic rings. The van der Waals surface area contributed by atoms with Gasteiger partial charge in [0.15, 0.2) is 0 Å². The lowest BCUT2D eigenvalue weighted by molar-refractivity contribution is 0.296. The van der Waals surface area contributed by atoms with Gasteiger partial charge in [0.05, 0.1) is 12.0 Å². The van der Waals surface area contributed by atoms with Crippen LogP contribution in [0.1, 0.15) is 5.56 Å². The van der Waals surface area contributed by atoms with Crippen LogP contribution in [0.15, 0.2) is 21.9 Å². The number of aliphatic hydroxyl groups is 1. The lowest BCUT2D eigenvalue weighted by atomic mass is 10.1. The van der Waals surface area contributed by atoms with E-state index in [0.717, 1.165) is 19.2 Å². The van der Waals surface area contributed by atoms with Crippen molar-refractivity contribution in [3.63, 3.8) is 0 Å². The third-order valence-corrected chi connectivity index (χ3v) is 4.29. The van der Waals surface area contributed by atoms with E-state index in [9.17, 15) is 21.4 Å². The molecule has 0 radical (unpaired) electrons. The largest absolute Gasteiger partial charge is 0.495 e. The maximum Gasteiger partial charge on any atom is 0.298 e. The third-order valence-electron chi connectivity index (χ3n) is 2.33. The van der Waals surface area contributed by atoms with Crippen molar-refractivity contribution in [2.24, 2.45) is 5.14 Å². The minimum atomic E-state index is -4.74. The molecule has 0 aromatic heterocycles. The monoisotopic (exact) mass is 311 g/mol. The molecule has 0 aliphatic rings. The van der Waals surface area contributed by atoms with Crippen LogP contribution >= 0.6 is 0 Å². The predicted octanol–water partition coefficient (Wildman–Crippen LogP) is -0.876. The summed E-state index contributed by atoms with van der Waals surface area (Å²) in [4.78, 5) is -1.20. The van der Waals surface area contributed by atoms with Gasteiger partial charge in [-0.3, -0.25) is 4.55 Å². The molecule has 19 heavy (non-hydrogen) atoms. The van der Waals surface area contributed by atoms with Crippen molar-refractivity contribution in [3.8, 4) is 5.75 Å². The predicted molar refractivity (Wildman–Crippen MR) is 65.0 cm³/mol. The first-order chi connectivity index (χ1) is 8.62. The Kier molecular flexibility index (Phi) is 4.53. The number of ether oxygens (including phenoxy) is 1. The summed E-state index contributed by atoms with van der Waals surface area (Å²) in [6.45, 7) is -0.530. The zero-order valence-electron chi connectivity index (χ0n) is 9.90. The first-order valence-corrected chi connectivity index (χ1v) is 7.92. The molecule has 1 aromatic carbocycles. The molecule has 0 bridgehead atoms. The summed E-state index contributed by atoms with van der Waals surface area (Å²) >= 11 is 0. The lowest BCUT2D eigenvalue weighted by Gasteiger charge is -2.14. The summed E-state index contributed by atoms with van der Waals surface area (Å²) in [7, 11) is -7.79. The van der Waals surface area contributed by atoms with Crippen LogP contribution in [0.3, 0.4) is 0 Å². The highest BCUT2D eigenvalue weighted by molar-refractivity contribution is 7.89. The second kappa shape index (κ2) is 5.43. The van der Waals surface area contributed by atoms with Gasteiger partial charge in [-0.05, 0) is 24.1 Å². The van der Waals surface area contributed by atoms with Crippen molar-refractivity contribution in [2.45, 2.75) is 16.2 Å². The van der Waals surface area contributed by atoms with Gasteiger partial charge in [0.1, 0.15) is 10.6 Å². The Balaban J connectivity index is 3.84. The highest BCUT2D eigenvalue weighted by Crippen LogP contribution is 2.32. The molecule has 8 nitrogen and oxygen atoms in total. The standard InChI is InChI=1S/C9H13NO7S2/c1-17-7-2-3-8(18(10,12)13)6(4-5-11)9(7)19(14,15)16/h2-3,11H,4-5H2,1H3,(H2,10,12,13)(H,14,15,16). The van der Waals surface area contributed by atoms with Gasteiger partial charge in [-0.1, -0.05) is 0 Å². The molecule has 0 unspecified atom stereocenters. The minimum absolute atomic E-state index is 0.238. The number of aliphatic hydroxyl groups excluding tert-OH is 1. The van der Waals surface area contributed by atoms with E-state index in [1.165, 1.54) is 0 Å². The highest BCUT2D eigenvalue weighted by Gasteiger charge is 2.27. The van der Waals surface area contributed by atoms with E-state index in [1.54, 1.807) is 0 Å². The van der Waals surface area contributed by atoms with Crippen molar-refractivity contribution < 1.29 is 31.2 Å². The summed E-state index contributed by atoms with van der Waals surface area (Å²) in [5.74, 6) is -0.238. The van der Waals surface area contributed by atoms with Gasteiger partial charge >= 0.3 is 0 Å². The van der Waals surface area contributed by atoms with Gasteiger partial charge in [0.25, 0.3) is 10.1 Å². The van der Waals surface area contributed by atoms with E-state index in [0.29, 0.717) is 0 Å². The van der Waals surface area contributed by atoms with Crippen molar-refractivity contribution in [1.82, 2.24) is 0 Å². The number of benzene rings is 1. The second-order valence-electron chi connectivity index (χ2n) is 3.57. The Morgan fingerprint density at radius 1 is 1.26 bits per heavy atom. The number of sulfonamides is 1. The summed E-state index contributed by atoms with van der Waals surface area (Å²) in [5, 5.41) is 13.9. The Labute approximate surface area is 110 Å². The average Bonchev–Trinajstić information content (AvgIpc) is 2.25. The molecule has 1 rings (SSSR count). The maximum absolute atomic E-state index is 11.4. The first kappa shape index (κ1) is 15.9. The molecule has 4 N–H and O–H groups in total. The van der Waals surface area contributed by atoms with E-state index in [4.69, 9.17) is 15.0 Å². The fourth-order valence-corrected chi connectivity index (χ4v) is 3.45. The summed E-state index contributed by atoms with van der Waals surface area (Å²) in [5.41, 5.74) is -0.313. The molecule has 10 heteroatoms. The zero-order valence-corrected chi connectivity index (χ0v) is 11.5. The molecule has 0 heterocycles. The van der Waals surface area contributed by atoms with Crippen molar-refractivity contribution in [1.29, 1.82) is 0 Å². The number of methoxy groups -OCH3 is 1. The minimum Gasteiger partial charge on any atom is -0.495 e. The molecule has 0 saturated carbocycles. The highest BCUT2D eigenvalue weighted by atomic mass is 32.2. The molecule has 0 fully saturated rings. The van der Waals surface area contributed by atoms with E-state index in [1.807, 2.05) is 0 Å². The maximum atomic E-state index is 11.4. The molecule has 0 aliphatic carbocycles. The van der Waals surface area contributed by atoms with Crippen LogP contribution in [0.2, 0.25) is 0 Å². The van der Waals surface area contributed by atoms with Crippen LogP contribution in [-0.2, 0) is 26.6 Å².